The lowest BCUT2D eigenvalue weighted by Gasteiger charge is -2.49. The molecule has 2 aliphatic rings. The first-order valence-corrected chi connectivity index (χ1v) is 12.1. The Kier molecular flexibility index (Phi) is 6.36. The van der Waals surface area contributed by atoms with Crippen molar-refractivity contribution in [3.8, 4) is 0 Å². The Morgan fingerprint density at radius 1 is 1.44 bits per heavy atom. The normalized spacial score (nSPS) is 21.1. The molecule has 2 aromatic heterocycles. The van der Waals surface area contributed by atoms with Gasteiger partial charge in [0.2, 0.25) is 5.16 Å². The molecule has 4 heterocycles. The van der Waals surface area contributed by atoms with Crippen LogP contribution >= 0.6 is 34.9 Å². The average molecular weight is 499 g/mol. The van der Waals surface area contributed by atoms with Gasteiger partial charge in [0.05, 0.1) is 5.69 Å². The second-order valence-corrected chi connectivity index (χ2v) is 9.66. The molecule has 1 saturated heterocycles. The first-order valence-electron chi connectivity index (χ1n) is 9.18. The first kappa shape index (κ1) is 22.5. The highest BCUT2D eigenvalue weighted by Gasteiger charge is 2.54. The summed E-state index contributed by atoms with van der Waals surface area (Å²) in [7, 11) is 3.34. The fraction of sp³-hybridized carbons (Fsp3) is 0.438. The fourth-order valence-electron chi connectivity index (χ4n) is 3.18. The van der Waals surface area contributed by atoms with Crippen LogP contribution in [0.15, 0.2) is 21.8 Å². The van der Waals surface area contributed by atoms with Gasteiger partial charge in [-0.25, -0.2) is 14.5 Å². The maximum Gasteiger partial charge on any atom is 0.352 e. The maximum absolute atomic E-state index is 12.7. The number of fused-ring (bicyclic) bond motifs is 1. The van der Waals surface area contributed by atoms with Crippen molar-refractivity contribution in [3.05, 3.63) is 22.3 Å². The predicted octanol–water partition coefficient (Wildman–Crippen LogP) is -0.727. The molecule has 2 aliphatic heterocycles. The Bertz CT molecular complexity index is 1100. The number of anilines is 1. The van der Waals surface area contributed by atoms with E-state index in [1.54, 1.807) is 19.5 Å². The molecule has 3 atom stereocenters. The number of hydrogen-bond donors (Lipinski definition) is 4. The van der Waals surface area contributed by atoms with Crippen LogP contribution in [0.5, 0.6) is 0 Å². The summed E-state index contributed by atoms with van der Waals surface area (Å²) in [5.74, 6) is -1.87. The number of aliphatic carboxylic acids is 1. The minimum atomic E-state index is -1.54. The lowest BCUT2D eigenvalue weighted by molar-refractivity contribution is -0.151. The third-order valence-electron chi connectivity index (χ3n) is 4.77. The van der Waals surface area contributed by atoms with E-state index < -0.39 is 35.3 Å². The summed E-state index contributed by atoms with van der Waals surface area (Å²) >= 11 is 3.84. The largest absolute Gasteiger partial charge is 0.477 e. The summed E-state index contributed by atoms with van der Waals surface area (Å²) in [5, 5.41) is 38.5. The van der Waals surface area contributed by atoms with Gasteiger partial charge in [-0.2, -0.15) is 0 Å². The van der Waals surface area contributed by atoms with Crippen LogP contribution in [-0.2, 0) is 21.4 Å². The second kappa shape index (κ2) is 9.05. The van der Waals surface area contributed by atoms with Crippen LogP contribution in [0.25, 0.3) is 0 Å². The van der Waals surface area contributed by atoms with Crippen molar-refractivity contribution in [1.82, 2.24) is 35.4 Å². The minimum Gasteiger partial charge on any atom is -0.477 e. The van der Waals surface area contributed by atoms with Gasteiger partial charge in [-0.1, -0.05) is 11.8 Å². The molecule has 0 radical (unpaired) electrons. The summed E-state index contributed by atoms with van der Waals surface area (Å²) < 4.78 is 1.47. The highest BCUT2D eigenvalue weighted by atomic mass is 32.2. The molecule has 170 valence electrons. The van der Waals surface area contributed by atoms with Gasteiger partial charge < -0.3 is 20.8 Å². The number of rotatable bonds is 8. The number of thiazole rings is 1. The first-order chi connectivity index (χ1) is 15.3. The second-order valence-electron chi connectivity index (χ2n) is 6.76. The summed E-state index contributed by atoms with van der Waals surface area (Å²) in [6, 6.07) is -0.934. The van der Waals surface area contributed by atoms with Gasteiger partial charge >= 0.3 is 5.97 Å². The highest BCUT2D eigenvalue weighted by Crippen LogP contribution is 2.41. The van der Waals surface area contributed by atoms with Gasteiger partial charge in [0.25, 0.3) is 11.8 Å². The number of aliphatic hydroxyl groups excluding tert-OH is 1. The number of amides is 2. The number of carbonyl (C=O) groups excluding carboxylic acids is 2. The minimum absolute atomic E-state index is 0.0920. The standard InChI is InChI=1S/C16H18N8O5S3/c1-17-15-18-7(5-31-15)10(25)11(26)19-8-12(27)24-9(14(28)29)6(3-30-13(8)24)4-32-16-20-21-22-23(16)2/h5,8,10,13,25H,3-4H2,1-2H3,(H,17,18)(H,19,26)(H,28,29)/t8?,10?,13-/m1/s1. The molecular weight excluding hydrogens is 480 g/mol. The van der Waals surface area contributed by atoms with Crippen molar-refractivity contribution < 1.29 is 24.6 Å². The molecule has 0 bridgehead atoms. The highest BCUT2D eigenvalue weighted by molar-refractivity contribution is 8.01. The zero-order valence-electron chi connectivity index (χ0n) is 16.8. The zero-order valence-corrected chi connectivity index (χ0v) is 19.2. The van der Waals surface area contributed by atoms with Gasteiger partial charge in [0.1, 0.15) is 17.1 Å². The Morgan fingerprint density at radius 2 is 2.22 bits per heavy atom. The molecule has 2 amide bonds. The number of β-lactam (4-membered cyclic amide) rings is 1. The summed E-state index contributed by atoms with van der Waals surface area (Å²) in [4.78, 5) is 42.4. The Balaban J connectivity index is 1.45. The quantitative estimate of drug-likeness (QED) is 0.266. The van der Waals surface area contributed by atoms with Crippen molar-refractivity contribution in [2.45, 2.75) is 22.7 Å². The molecule has 2 unspecified atom stereocenters. The van der Waals surface area contributed by atoms with Crippen molar-refractivity contribution in [3.63, 3.8) is 0 Å². The van der Waals surface area contributed by atoms with E-state index >= 15 is 0 Å². The smallest absolute Gasteiger partial charge is 0.352 e. The number of nitrogens with zero attached hydrogens (tertiary/aromatic N) is 6. The number of aryl methyl sites for hydroxylation is 1. The van der Waals surface area contributed by atoms with Crippen LogP contribution in [0.2, 0.25) is 0 Å². The molecule has 0 spiro atoms. The Hall–Kier alpha value is -2.69. The number of aromatic nitrogens is 5. The lowest BCUT2D eigenvalue weighted by Crippen LogP contribution is -2.70. The van der Waals surface area contributed by atoms with E-state index in [-0.39, 0.29) is 11.4 Å². The van der Waals surface area contributed by atoms with Crippen molar-refractivity contribution in [2.75, 3.05) is 23.9 Å². The van der Waals surface area contributed by atoms with Gasteiger partial charge in [-0.05, 0) is 16.0 Å². The summed E-state index contributed by atoms with van der Waals surface area (Å²) in [6.45, 7) is 0. The lowest BCUT2D eigenvalue weighted by atomic mass is 10.0. The molecule has 4 rings (SSSR count). The third-order valence-corrected chi connectivity index (χ3v) is 8.08. The molecule has 32 heavy (non-hydrogen) atoms. The number of carboxylic acid groups (broad SMARTS) is 1. The van der Waals surface area contributed by atoms with E-state index in [0.717, 1.165) is 0 Å². The molecular formula is C16H18N8O5S3. The fourth-order valence-corrected chi connectivity index (χ4v) is 6.21. The van der Waals surface area contributed by atoms with Crippen LogP contribution in [0.4, 0.5) is 5.13 Å². The van der Waals surface area contributed by atoms with Crippen molar-refractivity contribution >= 4 is 57.8 Å². The monoisotopic (exact) mass is 498 g/mol. The van der Waals surface area contributed by atoms with E-state index in [1.165, 1.54) is 44.4 Å². The number of carbonyl (C=O) groups is 3. The predicted molar refractivity (Wildman–Crippen MR) is 116 cm³/mol. The molecule has 0 aromatic carbocycles. The molecule has 0 aliphatic carbocycles. The number of tetrazole rings is 1. The number of thioether (sulfide) groups is 2. The van der Waals surface area contributed by atoms with Gasteiger partial charge in [-0.3, -0.25) is 14.5 Å². The number of carboxylic acids is 1. The molecule has 0 saturated carbocycles. The van der Waals surface area contributed by atoms with Gasteiger partial charge in [0, 0.05) is 31.0 Å². The molecule has 2 aromatic rings. The van der Waals surface area contributed by atoms with E-state index in [4.69, 9.17) is 0 Å². The van der Waals surface area contributed by atoms with Crippen LogP contribution in [0.1, 0.15) is 11.8 Å². The Morgan fingerprint density at radius 3 is 2.84 bits per heavy atom. The van der Waals surface area contributed by atoms with Crippen molar-refractivity contribution in [1.29, 1.82) is 0 Å². The van der Waals surface area contributed by atoms with Crippen LogP contribution in [-0.4, -0.2) is 88.1 Å². The molecule has 1 fully saturated rings. The van der Waals surface area contributed by atoms with Gasteiger partial charge in [0.15, 0.2) is 11.2 Å². The number of aliphatic hydroxyl groups is 1. The average Bonchev–Trinajstić information content (AvgIpc) is 3.43. The van der Waals surface area contributed by atoms with Crippen molar-refractivity contribution in [2.24, 2.45) is 7.05 Å². The van der Waals surface area contributed by atoms with E-state index in [0.29, 0.717) is 27.4 Å². The van der Waals surface area contributed by atoms with E-state index in [9.17, 15) is 24.6 Å². The van der Waals surface area contributed by atoms with Crippen LogP contribution in [0.3, 0.4) is 0 Å². The topological polar surface area (TPSA) is 175 Å². The third kappa shape index (κ3) is 4.05. The Labute approximate surface area is 193 Å². The summed E-state index contributed by atoms with van der Waals surface area (Å²) in [5.41, 5.74) is 0.637. The molecule has 13 nitrogen and oxygen atoms in total. The number of hydrogen-bond acceptors (Lipinski definition) is 12. The molecule has 16 heteroatoms. The maximum atomic E-state index is 12.7. The van der Waals surface area contributed by atoms with E-state index in [1.807, 2.05) is 0 Å². The van der Waals surface area contributed by atoms with Crippen LogP contribution in [0, 0.1) is 0 Å². The van der Waals surface area contributed by atoms with E-state index in [2.05, 4.69) is 31.1 Å². The van der Waals surface area contributed by atoms with Gasteiger partial charge in [-0.15, -0.1) is 28.2 Å². The number of nitrogens with one attached hydrogen (secondary N) is 2. The SMILES string of the molecule is CNc1nc(C(O)C(=O)NC2C(=O)N3C(C(=O)O)=C(CSc4nnnn4C)CS[C@H]23)cs1. The van der Waals surface area contributed by atoms with Crippen LogP contribution < -0.4 is 10.6 Å². The summed E-state index contributed by atoms with van der Waals surface area (Å²) in [6.07, 6.45) is -1.54. The molecule has 4 N–H and O–H groups in total. The zero-order chi connectivity index (χ0) is 23.0.